The Morgan fingerprint density at radius 3 is 2.28 bits per heavy atom. The second kappa shape index (κ2) is 8.69. The largest absolute Gasteiger partial charge is 0.416 e. The number of nitrogens with one attached hydrogen (secondary N) is 1. The summed E-state index contributed by atoms with van der Waals surface area (Å²) in [6.45, 7) is 0.308. The topological polar surface area (TPSA) is 69.7 Å². The first kappa shape index (κ1) is 22.2. The molecule has 0 bridgehead atoms. The van der Waals surface area contributed by atoms with E-state index in [-0.39, 0.29) is 43.3 Å². The molecule has 162 valence electrons. The molecule has 1 aromatic rings. The van der Waals surface area contributed by atoms with Crippen LogP contribution in [0.5, 0.6) is 0 Å². The normalized spacial score (nSPS) is 19.9. The van der Waals surface area contributed by atoms with E-state index in [1.807, 2.05) is 0 Å². The van der Waals surface area contributed by atoms with E-state index in [0.717, 1.165) is 42.1 Å². The van der Waals surface area contributed by atoms with Crippen LogP contribution < -0.4 is 5.32 Å². The lowest BCUT2D eigenvalue weighted by atomic mass is 9.96. The molecule has 0 spiro atoms. The summed E-state index contributed by atoms with van der Waals surface area (Å²) in [6, 6.07) is 2.15. The lowest BCUT2D eigenvalue weighted by molar-refractivity contribution is -0.137. The summed E-state index contributed by atoms with van der Waals surface area (Å²) in [5.74, 6) is 0. The predicted octanol–water partition coefficient (Wildman–Crippen LogP) is 3.71. The monoisotopic (exact) mass is 453 g/mol. The van der Waals surface area contributed by atoms with Crippen molar-refractivity contribution in [1.82, 2.24) is 14.5 Å². The molecular weight excluding hydrogens is 431 g/mol. The minimum Gasteiger partial charge on any atom is -0.335 e. The Hall–Kier alpha value is -1.52. The zero-order valence-corrected chi connectivity index (χ0v) is 17.3. The van der Waals surface area contributed by atoms with E-state index in [9.17, 15) is 26.4 Å². The summed E-state index contributed by atoms with van der Waals surface area (Å²) in [5, 5.41) is 2.71. The molecule has 6 nitrogen and oxygen atoms in total. The number of benzene rings is 1. The molecule has 0 atom stereocenters. The van der Waals surface area contributed by atoms with Crippen molar-refractivity contribution < 1.29 is 26.4 Å². The highest BCUT2D eigenvalue weighted by molar-refractivity contribution is 7.89. The fourth-order valence-electron chi connectivity index (χ4n) is 3.66. The van der Waals surface area contributed by atoms with Gasteiger partial charge in [-0.1, -0.05) is 30.9 Å². The lowest BCUT2D eigenvalue weighted by Gasteiger charge is -2.35. The highest BCUT2D eigenvalue weighted by Crippen LogP contribution is 2.34. The third kappa shape index (κ3) is 5.16. The van der Waals surface area contributed by atoms with E-state index in [1.54, 1.807) is 0 Å². The Kier molecular flexibility index (Phi) is 6.64. The van der Waals surface area contributed by atoms with Crippen LogP contribution in [0.4, 0.5) is 18.0 Å². The fraction of sp³-hybridized carbons (Fsp3) is 0.611. The van der Waals surface area contributed by atoms with Crippen LogP contribution in [0.25, 0.3) is 0 Å². The van der Waals surface area contributed by atoms with Crippen molar-refractivity contribution in [3.05, 3.63) is 28.8 Å². The smallest absolute Gasteiger partial charge is 0.335 e. The Balaban J connectivity index is 1.66. The van der Waals surface area contributed by atoms with Crippen molar-refractivity contribution in [2.24, 2.45) is 0 Å². The van der Waals surface area contributed by atoms with Crippen molar-refractivity contribution >= 4 is 27.7 Å². The third-order valence-corrected chi connectivity index (χ3v) is 7.72. The van der Waals surface area contributed by atoms with E-state index in [1.165, 1.54) is 11.3 Å². The Bertz CT molecular complexity index is 850. The van der Waals surface area contributed by atoms with Gasteiger partial charge in [-0.2, -0.15) is 17.5 Å². The van der Waals surface area contributed by atoms with Gasteiger partial charge in [0.1, 0.15) is 4.90 Å². The molecule has 2 amide bonds. The van der Waals surface area contributed by atoms with Crippen molar-refractivity contribution in [1.29, 1.82) is 0 Å². The van der Waals surface area contributed by atoms with E-state index in [2.05, 4.69) is 5.32 Å². The van der Waals surface area contributed by atoms with Crippen LogP contribution in [0.3, 0.4) is 0 Å². The number of urea groups is 1. The highest BCUT2D eigenvalue weighted by Gasteiger charge is 2.36. The van der Waals surface area contributed by atoms with Gasteiger partial charge in [-0.3, -0.25) is 0 Å². The number of sulfonamides is 1. The zero-order chi connectivity index (χ0) is 21.2. The summed E-state index contributed by atoms with van der Waals surface area (Å²) in [5.41, 5.74) is -1.08. The highest BCUT2D eigenvalue weighted by atomic mass is 35.5. The number of alkyl halides is 3. The SMILES string of the molecule is O=C(NC1CCCCC1)N1CCN(S(=O)(=O)c2cc(C(F)(F)F)ccc2Cl)CC1. The summed E-state index contributed by atoms with van der Waals surface area (Å²) in [6.07, 6.45) is 0.525. The standard InChI is InChI=1S/C18H23ClF3N3O3S/c19-15-7-6-13(18(20,21)22)12-16(15)29(27,28)25-10-8-24(9-11-25)17(26)23-14-4-2-1-3-5-14/h6-7,12,14H,1-5,8-11H2,(H,23,26). The van der Waals surface area contributed by atoms with Gasteiger partial charge in [0.25, 0.3) is 0 Å². The van der Waals surface area contributed by atoms with Gasteiger partial charge in [-0.05, 0) is 31.0 Å². The molecule has 29 heavy (non-hydrogen) atoms. The van der Waals surface area contributed by atoms with Gasteiger partial charge in [-0.15, -0.1) is 0 Å². The maximum Gasteiger partial charge on any atom is 0.416 e. The second-order valence-electron chi connectivity index (χ2n) is 7.32. The lowest BCUT2D eigenvalue weighted by Crippen LogP contribution is -2.54. The van der Waals surface area contributed by atoms with Gasteiger partial charge in [0, 0.05) is 32.2 Å². The van der Waals surface area contributed by atoms with Crippen molar-refractivity contribution in [2.45, 2.75) is 49.2 Å². The van der Waals surface area contributed by atoms with Gasteiger partial charge >= 0.3 is 12.2 Å². The van der Waals surface area contributed by atoms with Crippen LogP contribution in [0.1, 0.15) is 37.7 Å². The summed E-state index contributed by atoms with van der Waals surface area (Å²) < 4.78 is 65.6. The van der Waals surface area contributed by atoms with E-state index in [4.69, 9.17) is 11.6 Å². The summed E-state index contributed by atoms with van der Waals surface area (Å²) in [4.78, 5) is 13.4. The average molecular weight is 454 g/mol. The van der Waals surface area contributed by atoms with Gasteiger partial charge in [-0.25, -0.2) is 13.2 Å². The number of hydrogen-bond donors (Lipinski definition) is 1. The molecule has 1 aliphatic heterocycles. The molecule has 3 rings (SSSR count). The molecule has 1 heterocycles. The number of hydrogen-bond acceptors (Lipinski definition) is 3. The average Bonchev–Trinajstić information content (AvgIpc) is 2.68. The maximum absolute atomic E-state index is 13.0. The number of halogens is 4. The van der Waals surface area contributed by atoms with Crippen LogP contribution in [0.15, 0.2) is 23.1 Å². The molecule has 2 aliphatic rings. The van der Waals surface area contributed by atoms with Crippen LogP contribution >= 0.6 is 11.6 Å². The maximum atomic E-state index is 13.0. The zero-order valence-electron chi connectivity index (χ0n) is 15.7. The van der Waals surface area contributed by atoms with Gasteiger partial charge < -0.3 is 10.2 Å². The quantitative estimate of drug-likeness (QED) is 0.758. The fourth-order valence-corrected chi connectivity index (χ4v) is 5.58. The van der Waals surface area contributed by atoms with Crippen molar-refractivity contribution in [3.8, 4) is 0 Å². The van der Waals surface area contributed by atoms with E-state index in [0.29, 0.717) is 6.07 Å². The molecule has 2 fully saturated rings. The first-order chi connectivity index (χ1) is 13.6. The number of piperazine rings is 1. The molecule has 0 aromatic heterocycles. The molecular formula is C18H23ClF3N3O3S. The molecule has 11 heteroatoms. The second-order valence-corrected chi connectivity index (χ2v) is 9.63. The van der Waals surface area contributed by atoms with Crippen LogP contribution in [0, 0.1) is 0 Å². The Labute approximate surface area is 173 Å². The van der Waals surface area contributed by atoms with Gasteiger partial charge in [0.2, 0.25) is 10.0 Å². The van der Waals surface area contributed by atoms with Gasteiger partial charge in [0.15, 0.2) is 0 Å². The number of carbonyl (C=O) groups excluding carboxylic acids is 1. The summed E-state index contributed by atoms with van der Waals surface area (Å²) in [7, 11) is -4.21. The van der Waals surface area contributed by atoms with Gasteiger partial charge in [0.05, 0.1) is 10.6 Å². The molecule has 0 radical (unpaired) electrons. The molecule has 1 saturated heterocycles. The Morgan fingerprint density at radius 1 is 1.07 bits per heavy atom. The molecule has 1 saturated carbocycles. The van der Waals surface area contributed by atoms with Crippen molar-refractivity contribution in [3.63, 3.8) is 0 Å². The third-order valence-electron chi connectivity index (χ3n) is 5.33. The minimum absolute atomic E-state index is 0.00695. The van der Waals surface area contributed by atoms with Crippen LogP contribution in [-0.4, -0.2) is 55.9 Å². The van der Waals surface area contributed by atoms with E-state index >= 15 is 0 Å². The number of rotatable bonds is 3. The van der Waals surface area contributed by atoms with Crippen molar-refractivity contribution in [2.75, 3.05) is 26.2 Å². The summed E-state index contributed by atoms with van der Waals surface area (Å²) >= 11 is 5.89. The Morgan fingerprint density at radius 2 is 1.69 bits per heavy atom. The number of amides is 2. The number of nitrogens with zero attached hydrogens (tertiary/aromatic N) is 2. The van der Waals surface area contributed by atoms with Crippen LogP contribution in [-0.2, 0) is 16.2 Å². The molecule has 0 unspecified atom stereocenters. The first-order valence-corrected chi connectivity index (χ1v) is 11.3. The molecule has 1 aliphatic carbocycles. The molecule has 1 aromatic carbocycles. The van der Waals surface area contributed by atoms with E-state index < -0.39 is 26.7 Å². The number of carbonyl (C=O) groups is 1. The first-order valence-electron chi connectivity index (χ1n) is 9.51. The van der Waals surface area contributed by atoms with Crippen LogP contribution in [0.2, 0.25) is 5.02 Å². The molecule has 1 N–H and O–H groups in total. The minimum atomic E-state index is -4.68. The predicted molar refractivity (Wildman–Crippen MR) is 102 cm³/mol.